The summed E-state index contributed by atoms with van der Waals surface area (Å²) in [6, 6.07) is 3.15. The highest BCUT2D eigenvalue weighted by molar-refractivity contribution is 5.44. The van der Waals surface area contributed by atoms with Gasteiger partial charge in [0.2, 0.25) is 0 Å². The zero-order chi connectivity index (χ0) is 13.4. The van der Waals surface area contributed by atoms with Crippen LogP contribution in [0.5, 0.6) is 0 Å². The lowest BCUT2D eigenvalue weighted by Gasteiger charge is -2.38. The van der Waals surface area contributed by atoms with Gasteiger partial charge in [-0.15, -0.1) is 0 Å². The second-order valence-electron chi connectivity index (χ2n) is 6.13. The van der Waals surface area contributed by atoms with Crippen molar-refractivity contribution in [2.45, 2.75) is 50.3 Å². The Kier molecular flexibility index (Phi) is 3.46. The van der Waals surface area contributed by atoms with Crippen LogP contribution in [0.1, 0.15) is 31.2 Å². The molecule has 2 bridgehead atoms. The molecule has 0 amide bonds. The Morgan fingerprint density at radius 3 is 2.74 bits per heavy atom. The number of hydrogen-bond acceptors (Lipinski definition) is 4. The first kappa shape index (κ1) is 12.9. The Labute approximate surface area is 114 Å². The number of aliphatic hydroxyl groups excluding tert-OH is 1. The van der Waals surface area contributed by atoms with Crippen molar-refractivity contribution in [1.82, 2.24) is 9.88 Å². The average Bonchev–Trinajstić information content (AvgIpc) is 2.64. The van der Waals surface area contributed by atoms with Gasteiger partial charge in [0.1, 0.15) is 0 Å². The standard InChI is InChI=1S/C15H23N3O/c1-18-12-2-3-13(18)7-10(6-12)15(19)8-11-9-17-5-4-14(11)16/h4-5,9-10,12-13,15,19H,2-3,6-8H2,1H3,(H2,16,17). The maximum absolute atomic E-state index is 10.5. The Morgan fingerprint density at radius 2 is 2.11 bits per heavy atom. The van der Waals surface area contributed by atoms with E-state index in [1.807, 2.05) is 0 Å². The molecule has 3 N–H and O–H groups in total. The van der Waals surface area contributed by atoms with Gasteiger partial charge < -0.3 is 15.7 Å². The fraction of sp³-hybridized carbons (Fsp3) is 0.667. The molecule has 0 radical (unpaired) electrons. The van der Waals surface area contributed by atoms with Crippen molar-refractivity contribution in [3.63, 3.8) is 0 Å². The number of nitrogens with two attached hydrogens (primary N) is 1. The van der Waals surface area contributed by atoms with E-state index < -0.39 is 0 Å². The molecule has 0 aromatic carbocycles. The summed E-state index contributed by atoms with van der Waals surface area (Å²) in [5, 5.41) is 10.5. The largest absolute Gasteiger partial charge is 0.398 e. The number of pyridine rings is 1. The van der Waals surface area contributed by atoms with Gasteiger partial charge in [-0.2, -0.15) is 0 Å². The molecule has 3 rings (SSSR count). The Balaban J connectivity index is 1.65. The first-order chi connectivity index (χ1) is 9.15. The zero-order valence-corrected chi connectivity index (χ0v) is 11.5. The van der Waals surface area contributed by atoms with Gasteiger partial charge in [0.05, 0.1) is 6.10 Å². The molecule has 4 nitrogen and oxygen atoms in total. The average molecular weight is 261 g/mol. The minimum absolute atomic E-state index is 0.289. The number of fused-ring (bicyclic) bond motifs is 2. The van der Waals surface area contributed by atoms with Crippen molar-refractivity contribution >= 4 is 5.69 Å². The van der Waals surface area contributed by atoms with Gasteiger partial charge in [0.25, 0.3) is 0 Å². The number of nitrogen functional groups attached to an aromatic ring is 1. The monoisotopic (exact) mass is 261 g/mol. The van der Waals surface area contributed by atoms with Crippen LogP contribution in [0, 0.1) is 5.92 Å². The highest BCUT2D eigenvalue weighted by atomic mass is 16.3. The molecule has 2 saturated heterocycles. The Hall–Kier alpha value is -1.13. The normalized spacial score (nSPS) is 32.4. The van der Waals surface area contributed by atoms with E-state index in [1.165, 1.54) is 12.8 Å². The minimum Gasteiger partial charge on any atom is -0.398 e. The van der Waals surface area contributed by atoms with E-state index in [0.29, 0.717) is 24.4 Å². The van der Waals surface area contributed by atoms with E-state index in [0.717, 1.165) is 24.1 Å². The van der Waals surface area contributed by atoms with Crippen molar-refractivity contribution in [3.05, 3.63) is 24.0 Å². The lowest BCUT2D eigenvalue weighted by molar-refractivity contribution is 0.0368. The summed E-state index contributed by atoms with van der Waals surface area (Å²) in [5.74, 6) is 0.410. The number of piperidine rings is 1. The van der Waals surface area contributed by atoms with Crippen LogP contribution in [0.2, 0.25) is 0 Å². The fourth-order valence-corrected chi connectivity index (χ4v) is 3.77. The maximum Gasteiger partial charge on any atom is 0.0611 e. The molecule has 1 aromatic rings. The highest BCUT2D eigenvalue weighted by Gasteiger charge is 2.40. The second kappa shape index (κ2) is 5.10. The van der Waals surface area contributed by atoms with Crippen LogP contribution in [0.15, 0.2) is 18.5 Å². The van der Waals surface area contributed by atoms with Gasteiger partial charge in [-0.25, -0.2) is 0 Å². The van der Waals surface area contributed by atoms with Crippen LogP contribution < -0.4 is 5.73 Å². The minimum atomic E-state index is -0.289. The number of aliphatic hydroxyl groups is 1. The van der Waals surface area contributed by atoms with Crippen molar-refractivity contribution in [2.24, 2.45) is 5.92 Å². The summed E-state index contributed by atoms with van der Waals surface area (Å²) in [5.41, 5.74) is 7.64. The van der Waals surface area contributed by atoms with E-state index >= 15 is 0 Å². The number of nitrogens with zero attached hydrogens (tertiary/aromatic N) is 2. The van der Waals surface area contributed by atoms with Crippen LogP contribution in [0.4, 0.5) is 5.69 Å². The highest BCUT2D eigenvalue weighted by Crippen LogP contribution is 2.39. The summed E-state index contributed by atoms with van der Waals surface area (Å²) >= 11 is 0. The maximum atomic E-state index is 10.5. The lowest BCUT2D eigenvalue weighted by atomic mass is 9.84. The Bertz CT molecular complexity index is 437. The fourth-order valence-electron chi connectivity index (χ4n) is 3.77. The van der Waals surface area contributed by atoms with Crippen LogP contribution >= 0.6 is 0 Å². The predicted molar refractivity (Wildman–Crippen MR) is 75.7 cm³/mol. The van der Waals surface area contributed by atoms with Gasteiger partial charge >= 0.3 is 0 Å². The molecule has 0 saturated carbocycles. The summed E-state index contributed by atoms with van der Waals surface area (Å²) < 4.78 is 0. The summed E-state index contributed by atoms with van der Waals surface area (Å²) in [7, 11) is 2.23. The predicted octanol–water partition coefficient (Wildman–Crippen LogP) is 1.44. The van der Waals surface area contributed by atoms with Crippen molar-refractivity contribution in [1.29, 1.82) is 0 Å². The molecular weight excluding hydrogens is 238 g/mol. The van der Waals surface area contributed by atoms with Gasteiger partial charge in [-0.05, 0) is 50.3 Å². The summed E-state index contributed by atoms with van der Waals surface area (Å²) in [6.07, 6.45) is 8.64. The van der Waals surface area contributed by atoms with E-state index in [2.05, 4.69) is 16.9 Å². The number of anilines is 1. The van der Waals surface area contributed by atoms with Crippen molar-refractivity contribution in [3.8, 4) is 0 Å². The van der Waals surface area contributed by atoms with E-state index in [1.54, 1.807) is 18.5 Å². The molecule has 19 heavy (non-hydrogen) atoms. The number of rotatable bonds is 3. The molecular formula is C15H23N3O. The molecule has 0 spiro atoms. The van der Waals surface area contributed by atoms with Crippen LogP contribution in [-0.2, 0) is 6.42 Å². The number of hydrogen-bond donors (Lipinski definition) is 2. The first-order valence-electron chi connectivity index (χ1n) is 7.23. The summed E-state index contributed by atoms with van der Waals surface area (Å²) in [4.78, 5) is 6.60. The molecule has 4 heteroatoms. The SMILES string of the molecule is CN1C2CCC1CC(C(O)Cc1cnccc1N)C2. The molecule has 104 valence electrons. The molecule has 2 aliphatic rings. The van der Waals surface area contributed by atoms with Crippen LogP contribution in [0.3, 0.4) is 0 Å². The molecule has 3 unspecified atom stereocenters. The smallest absolute Gasteiger partial charge is 0.0611 e. The van der Waals surface area contributed by atoms with E-state index in [4.69, 9.17) is 5.73 Å². The van der Waals surface area contributed by atoms with Crippen LogP contribution in [0.25, 0.3) is 0 Å². The topological polar surface area (TPSA) is 62.4 Å². The third kappa shape index (κ3) is 2.47. The van der Waals surface area contributed by atoms with Gasteiger partial charge in [-0.1, -0.05) is 0 Å². The molecule has 3 atom stereocenters. The van der Waals surface area contributed by atoms with Gasteiger partial charge in [0.15, 0.2) is 0 Å². The van der Waals surface area contributed by atoms with Gasteiger partial charge in [0, 0.05) is 36.6 Å². The van der Waals surface area contributed by atoms with Crippen molar-refractivity contribution < 1.29 is 5.11 Å². The number of aromatic nitrogens is 1. The molecule has 2 aliphatic heterocycles. The van der Waals surface area contributed by atoms with Gasteiger partial charge in [-0.3, -0.25) is 4.98 Å². The molecule has 3 heterocycles. The second-order valence-corrected chi connectivity index (χ2v) is 6.13. The third-order valence-corrected chi connectivity index (χ3v) is 5.05. The lowest BCUT2D eigenvalue weighted by Crippen LogP contribution is -2.43. The molecule has 0 aliphatic carbocycles. The molecule has 1 aromatic heterocycles. The van der Waals surface area contributed by atoms with E-state index in [-0.39, 0.29) is 6.10 Å². The van der Waals surface area contributed by atoms with Crippen molar-refractivity contribution in [2.75, 3.05) is 12.8 Å². The quantitative estimate of drug-likeness (QED) is 0.864. The first-order valence-corrected chi connectivity index (χ1v) is 7.23. The molecule has 2 fully saturated rings. The zero-order valence-electron chi connectivity index (χ0n) is 11.5. The third-order valence-electron chi connectivity index (χ3n) is 5.05. The summed E-state index contributed by atoms with van der Waals surface area (Å²) in [6.45, 7) is 0. The Morgan fingerprint density at radius 1 is 1.42 bits per heavy atom. The van der Waals surface area contributed by atoms with E-state index in [9.17, 15) is 5.11 Å². The van der Waals surface area contributed by atoms with Crippen LogP contribution in [-0.4, -0.2) is 40.2 Å².